The Labute approximate surface area is 199 Å². The predicted molar refractivity (Wildman–Crippen MR) is 133 cm³/mol. The van der Waals surface area contributed by atoms with Crippen molar-refractivity contribution in [2.75, 3.05) is 0 Å². The van der Waals surface area contributed by atoms with Crippen molar-refractivity contribution in [1.82, 2.24) is 0 Å². The Bertz CT molecular complexity index is 1210. The second kappa shape index (κ2) is 9.02. The van der Waals surface area contributed by atoms with Gasteiger partial charge in [-0.2, -0.15) is 0 Å². The summed E-state index contributed by atoms with van der Waals surface area (Å²) in [6.45, 7) is 0. The van der Waals surface area contributed by atoms with Crippen molar-refractivity contribution in [2.24, 2.45) is 5.92 Å². The first-order valence-electron chi connectivity index (χ1n) is 12.2. The third kappa shape index (κ3) is 3.69. The molecule has 0 saturated heterocycles. The van der Waals surface area contributed by atoms with Gasteiger partial charge in [-0.1, -0.05) is 0 Å². The number of rotatable bonds is 4. The zero-order chi connectivity index (χ0) is 21.3. The van der Waals surface area contributed by atoms with E-state index in [1.54, 1.807) is 14.4 Å². The topological polar surface area (TPSA) is 0 Å². The monoisotopic (exact) mass is 582 g/mol. The molecule has 0 unspecified atom stereocenters. The van der Waals surface area contributed by atoms with E-state index in [-0.39, 0.29) is 0 Å². The molecular formula is C31H30Hf. The van der Waals surface area contributed by atoms with Gasteiger partial charge in [0.15, 0.2) is 0 Å². The Kier molecular flexibility index (Phi) is 5.78. The Morgan fingerprint density at radius 2 is 1.41 bits per heavy atom. The minimum atomic E-state index is -2.50. The van der Waals surface area contributed by atoms with E-state index in [4.69, 9.17) is 0 Å². The van der Waals surface area contributed by atoms with Gasteiger partial charge < -0.3 is 0 Å². The van der Waals surface area contributed by atoms with Gasteiger partial charge >= 0.3 is 201 Å². The summed E-state index contributed by atoms with van der Waals surface area (Å²) >= 11 is -2.50. The molecule has 1 heteroatoms. The molecule has 0 aromatic heterocycles. The Hall–Kier alpha value is -2.12. The molecular weight excluding hydrogens is 551 g/mol. The molecule has 1 fully saturated rings. The number of hydrogen-bond donors (Lipinski definition) is 0. The van der Waals surface area contributed by atoms with E-state index in [0.717, 1.165) is 12.3 Å². The van der Waals surface area contributed by atoms with Crippen LogP contribution in [0.3, 0.4) is 0 Å². The standard InChI is InChI=1S/C13H9.C13H16.C5H5.Hf/c1-3-7-12-10(5-1)9-11-6-2-4-8-13(11)12;1-3-7-12(8-4-1)11-13-9-5-2-6-10-13;1-2-4-5-3-1;/h1-5,7-8H,9H2;1,3-4,7-8,13H,2,5-6,9-10H2;1-5H;. The zero-order valence-electron chi connectivity index (χ0n) is 18.6. The van der Waals surface area contributed by atoms with Crippen LogP contribution in [0.5, 0.6) is 0 Å². The molecule has 0 atom stereocenters. The third-order valence-electron chi connectivity index (χ3n) is 7.61. The Balaban J connectivity index is 1.61. The van der Waals surface area contributed by atoms with Gasteiger partial charge in [-0.15, -0.1) is 0 Å². The first-order valence-corrected chi connectivity index (χ1v) is 17.9. The van der Waals surface area contributed by atoms with E-state index in [0.29, 0.717) is 3.67 Å². The minimum absolute atomic E-state index is 0.646. The maximum absolute atomic E-state index is 2.53. The molecule has 0 N–H and O–H groups in total. The van der Waals surface area contributed by atoms with Gasteiger partial charge in [0.1, 0.15) is 0 Å². The molecule has 158 valence electrons. The summed E-state index contributed by atoms with van der Waals surface area (Å²) in [5.41, 5.74) is 7.67. The van der Waals surface area contributed by atoms with Gasteiger partial charge in [0.2, 0.25) is 0 Å². The molecule has 6 rings (SSSR count). The van der Waals surface area contributed by atoms with Crippen molar-refractivity contribution in [3.8, 4) is 11.1 Å². The molecule has 0 heterocycles. The number of benzene rings is 3. The molecule has 0 radical (unpaired) electrons. The number of fused-ring (bicyclic) bond motifs is 3. The molecule has 3 aromatic carbocycles. The van der Waals surface area contributed by atoms with Crippen molar-refractivity contribution < 1.29 is 21.0 Å². The summed E-state index contributed by atoms with van der Waals surface area (Å²) in [6, 6.07) is 27.8. The van der Waals surface area contributed by atoms with E-state index in [2.05, 4.69) is 97.1 Å². The van der Waals surface area contributed by atoms with Crippen LogP contribution in [0.15, 0.2) is 97.1 Å². The van der Waals surface area contributed by atoms with Gasteiger partial charge in [0.05, 0.1) is 0 Å². The number of hydrogen-bond acceptors (Lipinski definition) is 0. The fraction of sp³-hybridized carbons (Fsp3) is 0.258. The molecule has 3 aliphatic carbocycles. The molecule has 0 nitrogen and oxygen atoms in total. The second-order valence-corrected chi connectivity index (χ2v) is 18.7. The molecule has 0 bridgehead atoms. The SMILES string of the molecule is C1=C[CH]([Hf](=[C](c2ccccc2)C2CCCCC2)[c]2cccc3c2Cc2ccccc2-3)C=C1. The summed E-state index contributed by atoms with van der Waals surface area (Å²) in [5, 5.41) is 0. The fourth-order valence-corrected chi connectivity index (χ4v) is 19.3. The zero-order valence-corrected chi connectivity index (χ0v) is 22.2. The van der Waals surface area contributed by atoms with Crippen molar-refractivity contribution in [2.45, 2.75) is 42.2 Å². The van der Waals surface area contributed by atoms with Crippen molar-refractivity contribution in [1.29, 1.82) is 0 Å². The molecule has 1 saturated carbocycles. The number of allylic oxidation sites excluding steroid dienone is 4. The quantitative estimate of drug-likeness (QED) is 0.224. The first-order chi connectivity index (χ1) is 15.9. The van der Waals surface area contributed by atoms with Crippen molar-refractivity contribution in [3.63, 3.8) is 0 Å². The second-order valence-electron chi connectivity index (χ2n) is 9.49. The van der Waals surface area contributed by atoms with Gasteiger partial charge in [0.25, 0.3) is 0 Å². The third-order valence-corrected chi connectivity index (χ3v) is 19.7. The summed E-state index contributed by atoms with van der Waals surface area (Å²) < 4.78 is 4.29. The van der Waals surface area contributed by atoms with Crippen LogP contribution in [0.2, 0.25) is 3.67 Å². The van der Waals surface area contributed by atoms with E-state index in [9.17, 15) is 0 Å². The molecule has 32 heavy (non-hydrogen) atoms. The van der Waals surface area contributed by atoms with Gasteiger partial charge in [0, 0.05) is 0 Å². The van der Waals surface area contributed by atoms with Crippen LogP contribution in [0.1, 0.15) is 48.8 Å². The van der Waals surface area contributed by atoms with Crippen LogP contribution >= 0.6 is 0 Å². The molecule has 0 spiro atoms. The molecule has 0 aliphatic heterocycles. The summed E-state index contributed by atoms with van der Waals surface area (Å²) in [6.07, 6.45) is 17.7. The predicted octanol–water partition coefficient (Wildman–Crippen LogP) is 7.22. The van der Waals surface area contributed by atoms with E-state index in [1.165, 1.54) is 48.8 Å². The molecule has 0 amide bonds. The van der Waals surface area contributed by atoms with Crippen LogP contribution in [0, 0.1) is 5.92 Å². The van der Waals surface area contributed by atoms with Crippen LogP contribution in [0.25, 0.3) is 11.1 Å². The van der Waals surface area contributed by atoms with Crippen LogP contribution in [-0.4, -0.2) is 3.26 Å². The van der Waals surface area contributed by atoms with Gasteiger partial charge in [-0.05, 0) is 0 Å². The summed E-state index contributed by atoms with van der Waals surface area (Å²) in [5.74, 6) is 0.774. The average Bonchev–Trinajstić information content (AvgIpc) is 3.52. The van der Waals surface area contributed by atoms with Gasteiger partial charge in [-0.3, -0.25) is 0 Å². The van der Waals surface area contributed by atoms with E-state index < -0.39 is 21.0 Å². The fourth-order valence-electron chi connectivity index (χ4n) is 6.16. The average molecular weight is 581 g/mol. The van der Waals surface area contributed by atoms with Gasteiger partial charge in [-0.25, -0.2) is 0 Å². The van der Waals surface area contributed by atoms with Crippen molar-refractivity contribution >= 4 is 6.58 Å². The summed E-state index contributed by atoms with van der Waals surface area (Å²) in [7, 11) is 0. The van der Waals surface area contributed by atoms with E-state index >= 15 is 0 Å². The normalized spacial score (nSPS) is 18.5. The van der Waals surface area contributed by atoms with Crippen LogP contribution < -0.4 is 3.32 Å². The first kappa shape index (κ1) is 20.5. The van der Waals surface area contributed by atoms with Crippen LogP contribution in [0.4, 0.5) is 0 Å². The van der Waals surface area contributed by atoms with Crippen LogP contribution in [-0.2, 0) is 27.4 Å². The maximum atomic E-state index is 2.53. The Morgan fingerprint density at radius 3 is 2.22 bits per heavy atom. The van der Waals surface area contributed by atoms with Crippen molar-refractivity contribution in [3.05, 3.63) is 114 Å². The molecule has 3 aromatic rings. The Morgan fingerprint density at radius 1 is 0.688 bits per heavy atom. The molecule has 3 aliphatic rings. The van der Waals surface area contributed by atoms with E-state index in [1.807, 2.05) is 3.26 Å². The summed E-state index contributed by atoms with van der Waals surface area (Å²) in [4.78, 5) is 0.